The summed E-state index contributed by atoms with van der Waals surface area (Å²) in [4.78, 5) is 23.5. The van der Waals surface area contributed by atoms with E-state index >= 15 is 0 Å². The molecule has 0 amide bonds. The van der Waals surface area contributed by atoms with E-state index in [0.717, 1.165) is 43.8 Å². The molecule has 0 radical (unpaired) electrons. The molecule has 0 spiro atoms. The summed E-state index contributed by atoms with van der Waals surface area (Å²) in [5.41, 5.74) is 2.20. The first-order chi connectivity index (χ1) is 14.8. The number of aryl methyl sites for hydroxylation is 2. The van der Waals surface area contributed by atoms with Gasteiger partial charge < -0.3 is 5.11 Å². The van der Waals surface area contributed by atoms with E-state index in [0.29, 0.717) is 5.01 Å². The van der Waals surface area contributed by atoms with Gasteiger partial charge in [0.25, 0.3) is 0 Å². The fourth-order valence-electron chi connectivity index (χ4n) is 3.28. The van der Waals surface area contributed by atoms with E-state index in [9.17, 15) is 18.7 Å². The zero-order valence-corrected chi connectivity index (χ0v) is 18.4. The lowest BCUT2D eigenvalue weighted by molar-refractivity contribution is -0.117. The molecule has 0 aliphatic rings. The minimum atomic E-state index is -0.728. The number of phenols is 1. The molecule has 0 fully saturated rings. The van der Waals surface area contributed by atoms with Crippen LogP contribution >= 0.6 is 22.7 Å². The molecule has 31 heavy (non-hydrogen) atoms. The van der Waals surface area contributed by atoms with Crippen molar-refractivity contribution >= 4 is 28.5 Å². The average molecular weight is 457 g/mol. The lowest BCUT2D eigenvalue weighted by atomic mass is 10.1. The Kier molecular flexibility index (Phi) is 5.93. The van der Waals surface area contributed by atoms with Crippen molar-refractivity contribution in [3.63, 3.8) is 0 Å². The number of carbonyl (C=O) groups is 1. The fourth-order valence-corrected chi connectivity index (χ4v) is 5.37. The van der Waals surface area contributed by atoms with Gasteiger partial charge in [-0.05, 0) is 55.8 Å². The third kappa shape index (κ3) is 4.55. The third-order valence-corrected chi connectivity index (χ3v) is 6.89. The second-order valence-corrected chi connectivity index (χ2v) is 9.36. The van der Waals surface area contributed by atoms with Gasteiger partial charge in [-0.2, -0.15) is 0 Å². The molecular formula is C23H18F2N2O2S2. The molecule has 4 rings (SSSR count). The predicted octanol–water partition coefficient (Wildman–Crippen LogP) is 5.89. The van der Waals surface area contributed by atoms with Crippen LogP contribution in [0, 0.1) is 25.5 Å². The molecule has 1 N–H and O–H groups in total. The molecule has 2 aromatic heterocycles. The predicted molar refractivity (Wildman–Crippen MR) is 119 cm³/mol. The van der Waals surface area contributed by atoms with Crippen LogP contribution in [0.15, 0.2) is 42.5 Å². The number of carbonyl (C=O) groups excluding carboxylic acids is 1. The first kappa shape index (κ1) is 21.3. The quantitative estimate of drug-likeness (QED) is 0.393. The van der Waals surface area contributed by atoms with Crippen LogP contribution < -0.4 is 0 Å². The van der Waals surface area contributed by atoms with Gasteiger partial charge in [-0.1, -0.05) is 6.07 Å². The molecule has 0 unspecified atom stereocenters. The van der Waals surface area contributed by atoms with E-state index in [1.807, 2.05) is 13.8 Å². The maximum absolute atomic E-state index is 13.9. The Hall–Kier alpha value is -2.97. The van der Waals surface area contributed by atoms with Crippen molar-refractivity contribution in [2.24, 2.45) is 0 Å². The highest BCUT2D eigenvalue weighted by atomic mass is 32.1. The number of halogens is 2. The number of aromatic hydroxyl groups is 1. The number of hydrogen-bond donors (Lipinski definition) is 1. The second kappa shape index (κ2) is 8.64. The third-order valence-electron chi connectivity index (χ3n) is 4.70. The maximum atomic E-state index is 13.9. The van der Waals surface area contributed by atoms with Crippen molar-refractivity contribution in [1.82, 2.24) is 9.97 Å². The first-order valence-electron chi connectivity index (χ1n) is 9.50. The first-order valence-corrected chi connectivity index (χ1v) is 11.1. The lowest BCUT2D eigenvalue weighted by Gasteiger charge is -2.03. The van der Waals surface area contributed by atoms with Gasteiger partial charge in [-0.15, -0.1) is 22.7 Å². The SMILES string of the molecule is Cc1nc(C)c(-c2nc(CC(=O)Cc3c(F)cccc3F)sc2-c2ccc(O)cc2)s1. The molecule has 0 aliphatic heterocycles. The number of thiazole rings is 2. The average Bonchev–Trinajstić information content (AvgIpc) is 3.27. The molecule has 0 saturated carbocycles. The molecule has 8 heteroatoms. The van der Waals surface area contributed by atoms with Gasteiger partial charge in [-0.25, -0.2) is 18.7 Å². The van der Waals surface area contributed by atoms with E-state index in [2.05, 4.69) is 4.98 Å². The minimum Gasteiger partial charge on any atom is -0.508 e. The Bertz CT molecular complexity index is 1240. The number of ketones is 1. The highest BCUT2D eigenvalue weighted by molar-refractivity contribution is 7.18. The normalized spacial score (nSPS) is 11.1. The van der Waals surface area contributed by atoms with Crippen molar-refractivity contribution in [3.05, 3.63) is 75.4 Å². The summed E-state index contributed by atoms with van der Waals surface area (Å²) in [6, 6.07) is 10.3. The van der Waals surface area contributed by atoms with Crippen LogP contribution in [0.25, 0.3) is 21.0 Å². The van der Waals surface area contributed by atoms with Crippen molar-refractivity contribution in [1.29, 1.82) is 0 Å². The topological polar surface area (TPSA) is 63.1 Å². The van der Waals surface area contributed by atoms with E-state index < -0.39 is 11.6 Å². The van der Waals surface area contributed by atoms with E-state index in [4.69, 9.17) is 4.98 Å². The summed E-state index contributed by atoms with van der Waals surface area (Å²) in [5, 5.41) is 11.1. The van der Waals surface area contributed by atoms with Gasteiger partial charge in [0.1, 0.15) is 33.9 Å². The van der Waals surface area contributed by atoms with Gasteiger partial charge in [0.15, 0.2) is 0 Å². The summed E-state index contributed by atoms with van der Waals surface area (Å²) in [6.07, 6.45) is -0.360. The molecule has 0 aliphatic carbocycles. The Morgan fingerprint density at radius 1 is 0.935 bits per heavy atom. The van der Waals surface area contributed by atoms with Crippen molar-refractivity contribution in [2.75, 3.05) is 0 Å². The Balaban J connectivity index is 1.69. The summed E-state index contributed by atoms with van der Waals surface area (Å²) < 4.78 is 27.8. The van der Waals surface area contributed by atoms with Crippen LogP contribution in [-0.2, 0) is 17.6 Å². The fraction of sp³-hybridized carbons (Fsp3) is 0.174. The molecule has 4 aromatic rings. The second-order valence-electron chi connectivity index (χ2n) is 7.07. The zero-order valence-electron chi connectivity index (χ0n) is 16.8. The highest BCUT2D eigenvalue weighted by Crippen LogP contribution is 2.41. The Morgan fingerprint density at radius 2 is 1.61 bits per heavy atom. The molecular weight excluding hydrogens is 438 g/mol. The Morgan fingerprint density at radius 3 is 2.23 bits per heavy atom. The highest BCUT2D eigenvalue weighted by Gasteiger charge is 2.21. The molecule has 4 nitrogen and oxygen atoms in total. The van der Waals surface area contributed by atoms with Gasteiger partial charge in [-0.3, -0.25) is 4.79 Å². The van der Waals surface area contributed by atoms with Gasteiger partial charge in [0, 0.05) is 12.0 Å². The maximum Gasteiger partial charge on any atom is 0.144 e. The van der Waals surface area contributed by atoms with Crippen LogP contribution in [0.1, 0.15) is 21.3 Å². The van der Waals surface area contributed by atoms with Crippen molar-refractivity contribution < 1.29 is 18.7 Å². The van der Waals surface area contributed by atoms with E-state index in [-0.39, 0.29) is 29.9 Å². The molecule has 158 valence electrons. The van der Waals surface area contributed by atoms with Crippen LogP contribution in [0.4, 0.5) is 8.78 Å². The van der Waals surface area contributed by atoms with Crippen LogP contribution in [0.2, 0.25) is 0 Å². The largest absolute Gasteiger partial charge is 0.508 e. The number of benzene rings is 2. The van der Waals surface area contributed by atoms with E-state index in [1.165, 1.54) is 28.7 Å². The zero-order chi connectivity index (χ0) is 22.1. The van der Waals surface area contributed by atoms with E-state index in [1.54, 1.807) is 24.3 Å². The van der Waals surface area contributed by atoms with Crippen LogP contribution in [0.3, 0.4) is 0 Å². The number of phenolic OH excluding ortho intramolecular Hbond substituents is 1. The Labute approximate surface area is 185 Å². The lowest BCUT2D eigenvalue weighted by Crippen LogP contribution is -2.09. The monoisotopic (exact) mass is 456 g/mol. The van der Waals surface area contributed by atoms with Crippen molar-refractivity contribution in [2.45, 2.75) is 26.7 Å². The summed E-state index contributed by atoms with van der Waals surface area (Å²) in [6.45, 7) is 3.83. The minimum absolute atomic E-state index is 0.0274. The number of rotatable bonds is 6. The molecule has 0 bridgehead atoms. The number of hydrogen-bond acceptors (Lipinski definition) is 6. The smallest absolute Gasteiger partial charge is 0.144 e. The summed E-state index contributed by atoms with van der Waals surface area (Å²) >= 11 is 2.87. The van der Waals surface area contributed by atoms with Crippen LogP contribution in [-0.4, -0.2) is 20.9 Å². The molecule has 0 atom stereocenters. The number of aromatic nitrogens is 2. The number of Topliss-reactive ketones (excluding diaryl/α,β-unsaturated/α-hetero) is 1. The molecule has 2 heterocycles. The van der Waals surface area contributed by atoms with Crippen LogP contribution in [0.5, 0.6) is 5.75 Å². The van der Waals surface area contributed by atoms with Gasteiger partial charge >= 0.3 is 0 Å². The van der Waals surface area contributed by atoms with Crippen molar-refractivity contribution in [3.8, 4) is 26.8 Å². The summed E-state index contributed by atoms with van der Waals surface area (Å²) in [7, 11) is 0. The number of nitrogens with zero attached hydrogens (tertiary/aromatic N) is 2. The molecule has 2 aromatic carbocycles. The van der Waals surface area contributed by atoms with Gasteiger partial charge in [0.2, 0.25) is 0 Å². The van der Waals surface area contributed by atoms with Gasteiger partial charge in [0.05, 0.1) is 26.9 Å². The molecule has 0 saturated heterocycles. The standard InChI is InChI=1S/C23H18F2N2O2S2/c1-12-22(30-13(2)26-12)21-23(14-6-8-15(28)9-7-14)31-20(27-21)11-16(29)10-17-18(24)4-3-5-19(17)25/h3-9,28H,10-11H2,1-2H3. The summed E-state index contributed by atoms with van der Waals surface area (Å²) in [5.74, 6) is -1.62.